The second kappa shape index (κ2) is 5.87. The molecule has 0 saturated carbocycles. The van der Waals surface area contributed by atoms with Gasteiger partial charge < -0.3 is 9.47 Å². The summed E-state index contributed by atoms with van der Waals surface area (Å²) in [7, 11) is 0. The number of fused-ring (bicyclic) bond motifs is 1. The van der Waals surface area contributed by atoms with E-state index >= 15 is 0 Å². The maximum atomic E-state index is 12.4. The van der Waals surface area contributed by atoms with E-state index in [0.717, 1.165) is 11.3 Å². The minimum absolute atomic E-state index is 0.0526. The Labute approximate surface area is 123 Å². The summed E-state index contributed by atoms with van der Waals surface area (Å²) >= 11 is 0. The number of anilines is 1. The number of hydrogen-bond acceptors (Lipinski definition) is 3. The van der Waals surface area contributed by atoms with Gasteiger partial charge in [-0.2, -0.15) is 0 Å². The zero-order valence-corrected chi connectivity index (χ0v) is 11.9. The number of amides is 1. The van der Waals surface area contributed by atoms with Gasteiger partial charge >= 0.3 is 6.09 Å². The molecular weight excluding hydrogens is 266 g/mol. The Morgan fingerprint density at radius 1 is 1.19 bits per heavy atom. The summed E-state index contributed by atoms with van der Waals surface area (Å²) in [5, 5.41) is 0. The Bertz CT molecular complexity index is 627. The van der Waals surface area contributed by atoms with Crippen LogP contribution in [0.3, 0.4) is 0 Å². The molecule has 0 radical (unpaired) electrons. The van der Waals surface area contributed by atoms with Crippen LogP contribution in [0.15, 0.2) is 54.6 Å². The first kappa shape index (κ1) is 13.5. The van der Waals surface area contributed by atoms with Gasteiger partial charge in [0.15, 0.2) is 0 Å². The Hall–Kier alpha value is -2.49. The maximum absolute atomic E-state index is 12.4. The van der Waals surface area contributed by atoms with Crippen molar-refractivity contribution in [3.8, 4) is 5.75 Å². The highest BCUT2D eigenvalue weighted by Crippen LogP contribution is 2.33. The molecule has 0 saturated heterocycles. The summed E-state index contributed by atoms with van der Waals surface area (Å²) < 4.78 is 11.1. The van der Waals surface area contributed by atoms with E-state index in [1.807, 2.05) is 61.5 Å². The zero-order valence-electron chi connectivity index (χ0n) is 11.9. The highest BCUT2D eigenvalue weighted by Gasteiger charge is 2.30. The second-order valence-corrected chi connectivity index (χ2v) is 5.04. The SMILES string of the molecule is CC1COc2ccccc2N1C(=O)OCc1ccccc1. The lowest BCUT2D eigenvalue weighted by Crippen LogP contribution is -2.45. The molecular formula is C17H17NO3. The van der Waals surface area contributed by atoms with Crippen LogP contribution in [0, 0.1) is 0 Å². The monoisotopic (exact) mass is 283 g/mol. The number of benzene rings is 2. The molecule has 2 aromatic carbocycles. The predicted molar refractivity (Wildman–Crippen MR) is 80.5 cm³/mol. The predicted octanol–water partition coefficient (Wildman–Crippen LogP) is 3.61. The van der Waals surface area contributed by atoms with Crippen LogP contribution < -0.4 is 9.64 Å². The molecule has 3 rings (SSSR count). The minimum atomic E-state index is -0.345. The number of carbonyl (C=O) groups is 1. The van der Waals surface area contributed by atoms with Crippen molar-refractivity contribution in [1.29, 1.82) is 0 Å². The molecule has 1 aliphatic rings. The van der Waals surface area contributed by atoms with E-state index in [2.05, 4.69) is 0 Å². The third-order valence-electron chi connectivity index (χ3n) is 3.45. The Morgan fingerprint density at radius 3 is 2.71 bits per heavy atom. The highest BCUT2D eigenvalue weighted by molar-refractivity contribution is 5.90. The first-order valence-corrected chi connectivity index (χ1v) is 6.97. The molecule has 108 valence electrons. The third kappa shape index (κ3) is 2.84. The van der Waals surface area contributed by atoms with Crippen molar-refractivity contribution in [2.24, 2.45) is 0 Å². The fourth-order valence-corrected chi connectivity index (χ4v) is 2.37. The quantitative estimate of drug-likeness (QED) is 0.845. The smallest absolute Gasteiger partial charge is 0.415 e. The number of ether oxygens (including phenoxy) is 2. The summed E-state index contributed by atoms with van der Waals surface area (Å²) in [6.45, 7) is 2.68. The first-order valence-electron chi connectivity index (χ1n) is 6.97. The van der Waals surface area contributed by atoms with E-state index in [1.54, 1.807) is 4.90 Å². The molecule has 1 amide bonds. The lowest BCUT2D eigenvalue weighted by molar-refractivity contribution is 0.139. The van der Waals surface area contributed by atoms with Gasteiger partial charge in [0, 0.05) is 0 Å². The molecule has 0 fully saturated rings. The Kier molecular flexibility index (Phi) is 3.77. The van der Waals surface area contributed by atoms with Crippen molar-refractivity contribution in [2.75, 3.05) is 11.5 Å². The maximum Gasteiger partial charge on any atom is 0.415 e. The fourth-order valence-electron chi connectivity index (χ4n) is 2.37. The average Bonchev–Trinajstić information content (AvgIpc) is 2.53. The van der Waals surface area contributed by atoms with Crippen LogP contribution >= 0.6 is 0 Å². The average molecular weight is 283 g/mol. The van der Waals surface area contributed by atoms with Crippen LogP contribution in [0.2, 0.25) is 0 Å². The second-order valence-electron chi connectivity index (χ2n) is 5.04. The fraction of sp³-hybridized carbons (Fsp3) is 0.235. The molecule has 0 N–H and O–H groups in total. The number of hydrogen-bond donors (Lipinski definition) is 0. The van der Waals surface area contributed by atoms with Crippen LogP contribution in [-0.2, 0) is 11.3 Å². The van der Waals surface area contributed by atoms with E-state index in [4.69, 9.17) is 9.47 Å². The largest absolute Gasteiger partial charge is 0.489 e. The molecule has 1 unspecified atom stereocenters. The van der Waals surface area contributed by atoms with E-state index in [0.29, 0.717) is 12.4 Å². The summed E-state index contributed by atoms with van der Waals surface area (Å²) in [5.74, 6) is 0.715. The van der Waals surface area contributed by atoms with Gasteiger partial charge in [0.25, 0.3) is 0 Å². The Morgan fingerprint density at radius 2 is 1.90 bits per heavy atom. The molecule has 1 heterocycles. The molecule has 0 spiro atoms. The molecule has 0 aromatic heterocycles. The van der Waals surface area contributed by atoms with E-state index in [9.17, 15) is 4.79 Å². The van der Waals surface area contributed by atoms with Crippen molar-refractivity contribution in [3.63, 3.8) is 0 Å². The van der Waals surface area contributed by atoms with Crippen molar-refractivity contribution in [2.45, 2.75) is 19.6 Å². The van der Waals surface area contributed by atoms with Gasteiger partial charge in [-0.1, -0.05) is 42.5 Å². The van der Waals surface area contributed by atoms with Crippen LogP contribution in [0.4, 0.5) is 10.5 Å². The van der Waals surface area contributed by atoms with Crippen molar-refractivity contribution >= 4 is 11.8 Å². The number of nitrogens with zero attached hydrogens (tertiary/aromatic N) is 1. The molecule has 4 heteroatoms. The normalized spacial score (nSPS) is 16.8. The van der Waals surface area contributed by atoms with Crippen LogP contribution in [0.25, 0.3) is 0 Å². The van der Waals surface area contributed by atoms with Gasteiger partial charge in [0.2, 0.25) is 0 Å². The van der Waals surface area contributed by atoms with Crippen molar-refractivity contribution in [1.82, 2.24) is 0 Å². The summed E-state index contributed by atoms with van der Waals surface area (Å²) in [4.78, 5) is 14.0. The van der Waals surface area contributed by atoms with Crippen LogP contribution in [0.5, 0.6) is 5.75 Å². The summed E-state index contributed by atoms with van der Waals surface area (Å²) in [6, 6.07) is 17.1. The van der Waals surface area contributed by atoms with E-state index in [1.165, 1.54) is 0 Å². The number of para-hydroxylation sites is 2. The molecule has 1 atom stereocenters. The van der Waals surface area contributed by atoms with Gasteiger partial charge in [-0.05, 0) is 24.6 Å². The standard InChI is InChI=1S/C17H17NO3/c1-13-11-20-16-10-6-5-9-15(16)18(13)17(19)21-12-14-7-3-2-4-8-14/h2-10,13H,11-12H2,1H3. The topological polar surface area (TPSA) is 38.8 Å². The van der Waals surface area contributed by atoms with Crippen LogP contribution in [0.1, 0.15) is 12.5 Å². The molecule has 0 aliphatic carbocycles. The molecule has 2 aromatic rings. The number of carbonyl (C=O) groups excluding carboxylic acids is 1. The Balaban J connectivity index is 1.75. The molecule has 21 heavy (non-hydrogen) atoms. The number of rotatable bonds is 2. The van der Waals surface area contributed by atoms with E-state index < -0.39 is 0 Å². The summed E-state index contributed by atoms with van der Waals surface area (Å²) in [6.07, 6.45) is -0.345. The lowest BCUT2D eigenvalue weighted by Gasteiger charge is -2.34. The summed E-state index contributed by atoms with van der Waals surface area (Å²) in [5.41, 5.74) is 1.73. The highest BCUT2D eigenvalue weighted by atomic mass is 16.6. The molecule has 4 nitrogen and oxygen atoms in total. The minimum Gasteiger partial charge on any atom is -0.489 e. The third-order valence-corrected chi connectivity index (χ3v) is 3.45. The van der Waals surface area contributed by atoms with Crippen molar-refractivity contribution in [3.05, 3.63) is 60.2 Å². The van der Waals surface area contributed by atoms with Gasteiger partial charge in [-0.3, -0.25) is 4.90 Å². The van der Waals surface area contributed by atoms with E-state index in [-0.39, 0.29) is 18.7 Å². The van der Waals surface area contributed by atoms with Gasteiger partial charge in [0.05, 0.1) is 11.7 Å². The molecule has 1 aliphatic heterocycles. The van der Waals surface area contributed by atoms with Gasteiger partial charge in [-0.15, -0.1) is 0 Å². The molecule has 0 bridgehead atoms. The first-order chi connectivity index (χ1) is 10.3. The van der Waals surface area contributed by atoms with Crippen LogP contribution in [-0.4, -0.2) is 18.7 Å². The zero-order chi connectivity index (χ0) is 14.7. The van der Waals surface area contributed by atoms with Crippen molar-refractivity contribution < 1.29 is 14.3 Å². The van der Waals surface area contributed by atoms with Gasteiger partial charge in [0.1, 0.15) is 19.0 Å². The van der Waals surface area contributed by atoms with Gasteiger partial charge in [-0.25, -0.2) is 4.79 Å². The lowest BCUT2D eigenvalue weighted by atomic mass is 10.2.